The minimum absolute atomic E-state index is 0.0473. The molecule has 0 rings (SSSR count). The van der Waals surface area contributed by atoms with Gasteiger partial charge in [-0.1, -0.05) is 204 Å². The van der Waals surface area contributed by atoms with Crippen LogP contribution < -0.4 is 5.32 Å². The molecule has 0 aromatic carbocycles. The number of amides is 1. The summed E-state index contributed by atoms with van der Waals surface area (Å²) in [6, 6.07) is -0.654. The lowest BCUT2D eigenvalue weighted by Gasteiger charge is -2.20. The van der Waals surface area contributed by atoms with Gasteiger partial charge in [-0.25, -0.2) is 0 Å². The van der Waals surface area contributed by atoms with Crippen LogP contribution in [0.15, 0.2) is 36.5 Å². The summed E-state index contributed by atoms with van der Waals surface area (Å²) in [7, 11) is 0. The number of ether oxygens (including phenoxy) is 1. The molecule has 0 aromatic rings. The predicted octanol–water partition coefficient (Wildman–Crippen LogP) is 15.3. The normalized spacial score (nSPS) is 12.9. The molecule has 6 heteroatoms. The molecule has 346 valence electrons. The molecular weight excluding hydrogens is 731 g/mol. The quantitative estimate of drug-likeness (QED) is 0.0323. The molecule has 1 amide bonds. The second kappa shape index (κ2) is 48.7. The lowest BCUT2D eigenvalue weighted by molar-refractivity contribution is -0.143. The van der Waals surface area contributed by atoms with E-state index in [2.05, 4.69) is 43.5 Å². The average molecular weight is 830 g/mol. The first-order valence-corrected chi connectivity index (χ1v) is 25.8. The molecule has 0 aliphatic heterocycles. The summed E-state index contributed by atoms with van der Waals surface area (Å²) in [6.45, 7) is 4.80. The van der Waals surface area contributed by atoms with Gasteiger partial charge >= 0.3 is 5.97 Å². The number of carbonyl (C=O) groups is 2. The van der Waals surface area contributed by atoms with E-state index in [-0.39, 0.29) is 18.5 Å². The van der Waals surface area contributed by atoms with E-state index in [0.29, 0.717) is 19.4 Å². The van der Waals surface area contributed by atoms with E-state index in [9.17, 15) is 19.8 Å². The fraction of sp³-hybridized carbons (Fsp3) is 0.849. The highest BCUT2D eigenvalue weighted by molar-refractivity contribution is 5.76. The first-order chi connectivity index (χ1) is 29.0. The van der Waals surface area contributed by atoms with Crippen molar-refractivity contribution < 1.29 is 24.5 Å². The molecule has 59 heavy (non-hydrogen) atoms. The molecule has 6 nitrogen and oxygen atoms in total. The van der Waals surface area contributed by atoms with E-state index < -0.39 is 12.1 Å². The van der Waals surface area contributed by atoms with Gasteiger partial charge in [0.2, 0.25) is 5.91 Å². The van der Waals surface area contributed by atoms with Crippen LogP contribution in [-0.4, -0.2) is 47.4 Å². The van der Waals surface area contributed by atoms with Crippen LogP contribution in [0.3, 0.4) is 0 Å². The van der Waals surface area contributed by atoms with Crippen molar-refractivity contribution in [2.45, 2.75) is 276 Å². The second-order valence-electron chi connectivity index (χ2n) is 17.5. The zero-order chi connectivity index (χ0) is 43.0. The Balaban J connectivity index is 3.58. The summed E-state index contributed by atoms with van der Waals surface area (Å²) in [5, 5.41) is 23.1. The number of aliphatic hydroxyl groups is 2. The number of hydrogen-bond donors (Lipinski definition) is 3. The van der Waals surface area contributed by atoms with Gasteiger partial charge in [0.05, 0.1) is 25.4 Å². The summed E-state index contributed by atoms with van der Waals surface area (Å²) in [5.41, 5.74) is 0. The topological polar surface area (TPSA) is 95.9 Å². The summed E-state index contributed by atoms with van der Waals surface area (Å²) >= 11 is 0. The van der Waals surface area contributed by atoms with E-state index >= 15 is 0 Å². The molecule has 3 N–H and O–H groups in total. The van der Waals surface area contributed by atoms with Crippen LogP contribution >= 0.6 is 0 Å². The van der Waals surface area contributed by atoms with Crippen molar-refractivity contribution in [3.8, 4) is 0 Å². The van der Waals surface area contributed by atoms with Crippen molar-refractivity contribution in [2.75, 3.05) is 13.2 Å². The van der Waals surface area contributed by atoms with Crippen LogP contribution in [0.25, 0.3) is 0 Å². The van der Waals surface area contributed by atoms with Crippen LogP contribution in [0.4, 0.5) is 0 Å². The van der Waals surface area contributed by atoms with Crippen molar-refractivity contribution in [3.63, 3.8) is 0 Å². The third-order valence-electron chi connectivity index (χ3n) is 11.6. The molecule has 0 radical (unpaired) electrons. The predicted molar refractivity (Wildman–Crippen MR) is 255 cm³/mol. The number of hydrogen-bond acceptors (Lipinski definition) is 5. The van der Waals surface area contributed by atoms with Gasteiger partial charge in [-0.2, -0.15) is 0 Å². The highest BCUT2D eigenvalue weighted by Crippen LogP contribution is 2.15. The molecular formula is C53H99NO5. The monoisotopic (exact) mass is 830 g/mol. The molecule has 0 aliphatic carbocycles. The Morgan fingerprint density at radius 3 is 1.20 bits per heavy atom. The maximum atomic E-state index is 12.4. The third-order valence-corrected chi connectivity index (χ3v) is 11.6. The second-order valence-corrected chi connectivity index (χ2v) is 17.5. The van der Waals surface area contributed by atoms with Crippen molar-refractivity contribution in [1.82, 2.24) is 5.32 Å². The van der Waals surface area contributed by atoms with E-state index in [0.717, 1.165) is 77.0 Å². The van der Waals surface area contributed by atoms with E-state index in [1.165, 1.54) is 161 Å². The summed E-state index contributed by atoms with van der Waals surface area (Å²) in [4.78, 5) is 24.4. The number of carbonyl (C=O) groups excluding carboxylic acids is 2. The molecule has 2 unspecified atom stereocenters. The van der Waals surface area contributed by atoms with E-state index in [1.54, 1.807) is 6.08 Å². The first kappa shape index (κ1) is 57.1. The van der Waals surface area contributed by atoms with Crippen LogP contribution in [0.5, 0.6) is 0 Å². The number of esters is 1. The van der Waals surface area contributed by atoms with Crippen LogP contribution in [0.1, 0.15) is 264 Å². The Kier molecular flexibility index (Phi) is 47.2. The van der Waals surface area contributed by atoms with E-state index in [1.807, 2.05) is 6.08 Å². The van der Waals surface area contributed by atoms with Gasteiger partial charge < -0.3 is 20.3 Å². The van der Waals surface area contributed by atoms with Gasteiger partial charge in [0.25, 0.3) is 0 Å². The van der Waals surface area contributed by atoms with Gasteiger partial charge in [-0.05, 0) is 83.5 Å². The molecule has 2 atom stereocenters. The maximum Gasteiger partial charge on any atom is 0.305 e. The Bertz CT molecular complexity index is 962. The molecule has 0 spiro atoms. The highest BCUT2D eigenvalue weighted by Gasteiger charge is 2.18. The number of nitrogens with one attached hydrogen (secondary N) is 1. The lowest BCUT2D eigenvalue weighted by atomic mass is 10.0. The Morgan fingerprint density at radius 2 is 0.797 bits per heavy atom. The average Bonchev–Trinajstić information content (AvgIpc) is 3.24. The van der Waals surface area contributed by atoms with Gasteiger partial charge in [0.15, 0.2) is 0 Å². The molecule has 0 saturated carbocycles. The zero-order valence-electron chi connectivity index (χ0n) is 39.2. The smallest absolute Gasteiger partial charge is 0.305 e. The van der Waals surface area contributed by atoms with Gasteiger partial charge in [-0.15, -0.1) is 0 Å². The fourth-order valence-electron chi connectivity index (χ4n) is 7.62. The fourth-order valence-corrected chi connectivity index (χ4v) is 7.62. The Hall–Kier alpha value is -1.92. The maximum absolute atomic E-state index is 12.4. The molecule has 0 aromatic heterocycles. The van der Waals surface area contributed by atoms with Crippen LogP contribution in [-0.2, 0) is 14.3 Å². The van der Waals surface area contributed by atoms with Crippen LogP contribution in [0, 0.1) is 0 Å². The summed E-state index contributed by atoms with van der Waals surface area (Å²) < 4.78 is 5.42. The van der Waals surface area contributed by atoms with Gasteiger partial charge in [0, 0.05) is 12.8 Å². The standard InChI is InChI=1S/C53H99NO5/c1-3-5-7-9-11-13-15-17-19-20-21-22-23-25-29-33-37-41-45-51(56)50(49-55)54-52(57)46-42-38-34-30-27-28-32-36-40-44-48-59-53(58)47-43-39-35-31-26-24-18-16-14-12-10-8-6-4-2/h16,18,28,32,41,45,50-51,55-56H,3-15,17,19-27,29-31,33-40,42-44,46-49H2,1-2H3,(H,54,57)/b18-16-,32-28-,45-41+. The minimum Gasteiger partial charge on any atom is -0.466 e. The van der Waals surface area contributed by atoms with Crippen molar-refractivity contribution >= 4 is 11.9 Å². The number of rotatable bonds is 47. The van der Waals surface area contributed by atoms with E-state index in [4.69, 9.17) is 4.74 Å². The van der Waals surface area contributed by atoms with Crippen molar-refractivity contribution in [1.29, 1.82) is 0 Å². The largest absolute Gasteiger partial charge is 0.466 e. The highest BCUT2D eigenvalue weighted by atomic mass is 16.5. The third kappa shape index (κ3) is 45.4. The molecule has 0 saturated heterocycles. The summed E-state index contributed by atoms with van der Waals surface area (Å²) in [5.74, 6) is -0.151. The van der Waals surface area contributed by atoms with Gasteiger partial charge in [-0.3, -0.25) is 9.59 Å². The minimum atomic E-state index is -0.867. The molecule has 0 fully saturated rings. The van der Waals surface area contributed by atoms with Crippen molar-refractivity contribution in [2.24, 2.45) is 0 Å². The SMILES string of the molecule is CCCCCCC/C=C\CCCCCCCC(=O)OCCCC/C=C\CCCCCCC(=O)NC(CO)C(O)/C=C/CCCCCCCCCCCCCCCCCC. The first-order valence-electron chi connectivity index (χ1n) is 25.8. The number of allylic oxidation sites excluding steroid dienone is 5. The van der Waals surface area contributed by atoms with Crippen LogP contribution in [0.2, 0.25) is 0 Å². The number of unbranched alkanes of at least 4 members (excludes halogenated alkanes) is 32. The Labute approximate surface area is 366 Å². The molecule has 0 bridgehead atoms. The molecule has 0 heterocycles. The molecule has 0 aliphatic rings. The lowest BCUT2D eigenvalue weighted by Crippen LogP contribution is -2.45. The van der Waals surface area contributed by atoms with Crippen molar-refractivity contribution in [3.05, 3.63) is 36.5 Å². The summed E-state index contributed by atoms with van der Waals surface area (Å²) in [6.07, 6.45) is 58.6. The van der Waals surface area contributed by atoms with Gasteiger partial charge in [0.1, 0.15) is 0 Å². The number of aliphatic hydroxyl groups excluding tert-OH is 2. The zero-order valence-corrected chi connectivity index (χ0v) is 39.2. The Morgan fingerprint density at radius 1 is 0.458 bits per heavy atom.